The van der Waals surface area contributed by atoms with Gasteiger partial charge in [0.1, 0.15) is 0 Å². The zero-order valence-electron chi connectivity index (χ0n) is 11.8. The lowest BCUT2D eigenvalue weighted by molar-refractivity contribution is -0.133. The first-order chi connectivity index (χ1) is 9.28. The molecule has 0 aromatic carbocycles. The molecular formula is C16H26ClNO. The Bertz CT molecular complexity index is 333. The zero-order valence-corrected chi connectivity index (χ0v) is 12.6. The molecule has 0 aromatic heterocycles. The second-order valence-corrected chi connectivity index (χ2v) is 7.23. The molecule has 1 amide bonds. The zero-order chi connectivity index (χ0) is 13.2. The fourth-order valence-corrected chi connectivity index (χ4v) is 4.90. The molecule has 4 atom stereocenters. The molecule has 2 aliphatic carbocycles. The second kappa shape index (κ2) is 6.03. The molecule has 108 valence electrons. The average Bonchev–Trinajstić information content (AvgIpc) is 3.11. The Labute approximate surface area is 121 Å². The van der Waals surface area contributed by atoms with Crippen LogP contribution in [0.2, 0.25) is 0 Å². The van der Waals surface area contributed by atoms with Gasteiger partial charge in [-0.25, -0.2) is 0 Å². The van der Waals surface area contributed by atoms with Crippen LogP contribution in [0.5, 0.6) is 0 Å². The van der Waals surface area contributed by atoms with Crippen LogP contribution in [-0.2, 0) is 4.79 Å². The molecule has 2 nitrogen and oxygen atoms in total. The summed E-state index contributed by atoms with van der Waals surface area (Å²) >= 11 is 5.78. The number of rotatable bonds is 5. The van der Waals surface area contributed by atoms with Crippen molar-refractivity contribution in [3.8, 4) is 0 Å². The van der Waals surface area contributed by atoms with E-state index in [1.54, 1.807) is 0 Å². The molecular weight excluding hydrogens is 258 g/mol. The van der Waals surface area contributed by atoms with Crippen molar-refractivity contribution in [1.82, 2.24) is 4.90 Å². The van der Waals surface area contributed by atoms with E-state index in [4.69, 9.17) is 11.6 Å². The highest BCUT2D eigenvalue weighted by atomic mass is 35.5. The molecule has 2 saturated carbocycles. The monoisotopic (exact) mass is 283 g/mol. The predicted molar refractivity (Wildman–Crippen MR) is 78.2 cm³/mol. The Morgan fingerprint density at radius 2 is 2.11 bits per heavy atom. The summed E-state index contributed by atoms with van der Waals surface area (Å²) in [4.78, 5) is 14.7. The lowest BCUT2D eigenvalue weighted by Crippen LogP contribution is -2.37. The lowest BCUT2D eigenvalue weighted by Gasteiger charge is -2.28. The minimum Gasteiger partial charge on any atom is -0.340 e. The first-order valence-corrected chi connectivity index (χ1v) is 8.67. The highest BCUT2D eigenvalue weighted by Gasteiger charge is 2.41. The molecule has 0 aromatic rings. The van der Waals surface area contributed by atoms with Crippen LogP contribution in [-0.4, -0.2) is 29.3 Å². The largest absolute Gasteiger partial charge is 0.340 e. The van der Waals surface area contributed by atoms with Crippen molar-refractivity contribution in [2.75, 3.05) is 12.4 Å². The molecule has 0 radical (unpaired) electrons. The fourth-order valence-electron chi connectivity index (χ4n) is 4.74. The van der Waals surface area contributed by atoms with Gasteiger partial charge in [-0.05, 0) is 62.7 Å². The average molecular weight is 284 g/mol. The van der Waals surface area contributed by atoms with Crippen LogP contribution in [0.25, 0.3) is 0 Å². The predicted octanol–water partition coefficient (Wildman–Crippen LogP) is 3.82. The normalized spacial score (nSPS) is 37.2. The number of halogens is 1. The quantitative estimate of drug-likeness (QED) is 0.703. The van der Waals surface area contributed by atoms with Crippen molar-refractivity contribution in [2.24, 2.45) is 17.8 Å². The van der Waals surface area contributed by atoms with E-state index < -0.39 is 0 Å². The number of amides is 1. The number of alkyl halides is 1. The highest BCUT2D eigenvalue weighted by molar-refractivity contribution is 6.17. The number of hydrogen-bond donors (Lipinski definition) is 0. The minimum atomic E-state index is 0.439. The minimum absolute atomic E-state index is 0.439. The van der Waals surface area contributed by atoms with E-state index in [2.05, 4.69) is 4.90 Å². The maximum atomic E-state index is 12.5. The van der Waals surface area contributed by atoms with Crippen molar-refractivity contribution in [1.29, 1.82) is 0 Å². The Balaban J connectivity index is 1.51. The van der Waals surface area contributed by atoms with Crippen molar-refractivity contribution in [3.63, 3.8) is 0 Å². The van der Waals surface area contributed by atoms with Gasteiger partial charge in [-0.1, -0.05) is 6.42 Å². The molecule has 0 N–H and O–H groups in total. The van der Waals surface area contributed by atoms with Gasteiger partial charge in [0.05, 0.1) is 0 Å². The topological polar surface area (TPSA) is 20.3 Å². The molecule has 0 spiro atoms. The number of carbonyl (C=O) groups is 1. The van der Waals surface area contributed by atoms with E-state index in [1.807, 2.05) is 0 Å². The maximum absolute atomic E-state index is 12.5. The van der Waals surface area contributed by atoms with E-state index in [9.17, 15) is 4.79 Å². The van der Waals surface area contributed by atoms with E-state index >= 15 is 0 Å². The van der Waals surface area contributed by atoms with E-state index in [0.29, 0.717) is 17.9 Å². The lowest BCUT2D eigenvalue weighted by atomic mass is 9.86. The molecule has 2 bridgehead atoms. The number of nitrogens with zero attached hydrogens (tertiary/aromatic N) is 1. The summed E-state index contributed by atoms with van der Waals surface area (Å²) in [5.74, 6) is 3.70. The van der Waals surface area contributed by atoms with Gasteiger partial charge >= 0.3 is 0 Å². The SMILES string of the molecule is O=C(CC1CC2CCC1C2)N1CCCC1CCCCl. The Kier molecular flexibility index (Phi) is 4.36. The molecule has 3 aliphatic rings. The first-order valence-electron chi connectivity index (χ1n) is 8.13. The summed E-state index contributed by atoms with van der Waals surface area (Å²) in [5, 5.41) is 0. The summed E-state index contributed by atoms with van der Waals surface area (Å²) in [5.41, 5.74) is 0. The third-order valence-corrected chi connectivity index (χ3v) is 5.96. The number of fused-ring (bicyclic) bond motifs is 2. The summed E-state index contributed by atoms with van der Waals surface area (Å²) < 4.78 is 0. The van der Waals surface area contributed by atoms with Crippen LogP contribution in [0.3, 0.4) is 0 Å². The van der Waals surface area contributed by atoms with Gasteiger partial charge in [0.25, 0.3) is 0 Å². The van der Waals surface area contributed by atoms with Crippen molar-refractivity contribution < 1.29 is 4.79 Å². The summed E-state index contributed by atoms with van der Waals surface area (Å²) in [7, 11) is 0. The second-order valence-electron chi connectivity index (χ2n) is 6.85. The number of likely N-dealkylation sites (tertiary alicyclic amines) is 1. The van der Waals surface area contributed by atoms with Crippen molar-refractivity contribution in [2.45, 2.75) is 63.8 Å². The maximum Gasteiger partial charge on any atom is 0.223 e. The van der Waals surface area contributed by atoms with E-state index in [1.165, 1.54) is 38.5 Å². The molecule has 3 rings (SSSR count). The van der Waals surface area contributed by atoms with E-state index in [0.717, 1.165) is 43.5 Å². The van der Waals surface area contributed by atoms with Crippen LogP contribution in [0.4, 0.5) is 0 Å². The number of hydrogen-bond acceptors (Lipinski definition) is 1. The molecule has 1 saturated heterocycles. The third kappa shape index (κ3) is 2.94. The van der Waals surface area contributed by atoms with Gasteiger partial charge in [-0.15, -0.1) is 11.6 Å². The molecule has 1 heterocycles. The summed E-state index contributed by atoms with van der Waals surface area (Å²) in [6.45, 7) is 0.993. The Morgan fingerprint density at radius 3 is 2.79 bits per heavy atom. The van der Waals surface area contributed by atoms with Crippen LogP contribution in [0.15, 0.2) is 0 Å². The van der Waals surface area contributed by atoms with Gasteiger partial charge in [0.2, 0.25) is 5.91 Å². The Hall–Kier alpha value is -0.240. The van der Waals surface area contributed by atoms with E-state index in [-0.39, 0.29) is 0 Å². The van der Waals surface area contributed by atoms with Crippen molar-refractivity contribution >= 4 is 17.5 Å². The summed E-state index contributed by atoms with van der Waals surface area (Å²) in [6.07, 6.45) is 10.9. The van der Waals surface area contributed by atoms with Gasteiger partial charge in [-0.2, -0.15) is 0 Å². The molecule has 1 aliphatic heterocycles. The van der Waals surface area contributed by atoms with Crippen molar-refractivity contribution in [3.05, 3.63) is 0 Å². The molecule has 19 heavy (non-hydrogen) atoms. The number of carbonyl (C=O) groups excluding carboxylic acids is 1. The van der Waals surface area contributed by atoms with Gasteiger partial charge < -0.3 is 4.90 Å². The van der Waals surface area contributed by atoms with Gasteiger partial charge in [0, 0.05) is 24.9 Å². The molecule has 3 heteroatoms. The smallest absolute Gasteiger partial charge is 0.223 e. The van der Waals surface area contributed by atoms with Crippen LogP contribution in [0, 0.1) is 17.8 Å². The molecule has 3 fully saturated rings. The van der Waals surface area contributed by atoms with Crippen LogP contribution < -0.4 is 0 Å². The highest BCUT2D eigenvalue weighted by Crippen LogP contribution is 2.49. The fraction of sp³-hybridized carbons (Fsp3) is 0.938. The first kappa shape index (κ1) is 13.7. The Morgan fingerprint density at radius 1 is 1.21 bits per heavy atom. The van der Waals surface area contributed by atoms with Gasteiger partial charge in [0.15, 0.2) is 0 Å². The third-order valence-electron chi connectivity index (χ3n) is 5.69. The van der Waals surface area contributed by atoms with Crippen LogP contribution in [0.1, 0.15) is 57.8 Å². The summed E-state index contributed by atoms with van der Waals surface area (Å²) in [6, 6.07) is 0.491. The standard InChI is InChI=1S/C16H26ClNO/c17-7-1-3-15-4-2-8-18(15)16(19)11-14-10-12-5-6-13(14)9-12/h12-15H,1-11H2. The van der Waals surface area contributed by atoms with Gasteiger partial charge in [-0.3, -0.25) is 4.79 Å². The van der Waals surface area contributed by atoms with Crippen LogP contribution >= 0.6 is 11.6 Å². The molecule has 4 unspecified atom stereocenters.